The van der Waals surface area contributed by atoms with E-state index in [-0.39, 0.29) is 5.75 Å². The standard InChI is InChI=1S/C15H25NO2S/c1-12-7-8-14(10-13(12)2)11-15(16-3)6-5-9-19(4,17)18/h7-8,10,15-16H,5-6,9,11H2,1-4H3. The minimum atomic E-state index is -2.84. The second-order valence-electron chi connectivity index (χ2n) is 5.38. The molecule has 1 unspecified atom stereocenters. The monoisotopic (exact) mass is 283 g/mol. The van der Waals surface area contributed by atoms with Gasteiger partial charge >= 0.3 is 0 Å². The van der Waals surface area contributed by atoms with Gasteiger partial charge in [-0.05, 0) is 56.8 Å². The molecule has 0 saturated heterocycles. The average molecular weight is 283 g/mol. The Labute approximate surface area is 117 Å². The van der Waals surface area contributed by atoms with E-state index in [0.29, 0.717) is 6.04 Å². The number of nitrogens with one attached hydrogen (secondary N) is 1. The van der Waals surface area contributed by atoms with Crippen LogP contribution in [0.5, 0.6) is 0 Å². The SMILES string of the molecule is CNC(CCCS(C)(=O)=O)Cc1ccc(C)c(C)c1. The maximum atomic E-state index is 11.1. The third-order valence-electron chi connectivity index (χ3n) is 3.53. The Morgan fingerprint density at radius 3 is 2.42 bits per heavy atom. The fourth-order valence-corrected chi connectivity index (χ4v) is 2.85. The summed E-state index contributed by atoms with van der Waals surface area (Å²) in [6.45, 7) is 4.23. The van der Waals surface area contributed by atoms with E-state index in [4.69, 9.17) is 0 Å². The van der Waals surface area contributed by atoms with Crippen molar-refractivity contribution in [3.8, 4) is 0 Å². The molecule has 1 atom stereocenters. The summed E-state index contributed by atoms with van der Waals surface area (Å²) in [5, 5.41) is 3.28. The summed E-state index contributed by atoms with van der Waals surface area (Å²) in [5.41, 5.74) is 3.92. The van der Waals surface area contributed by atoms with Crippen LogP contribution in [0.1, 0.15) is 29.5 Å². The normalized spacial score (nSPS) is 13.5. The minimum Gasteiger partial charge on any atom is -0.317 e. The molecule has 0 spiro atoms. The zero-order valence-electron chi connectivity index (χ0n) is 12.4. The molecule has 0 aliphatic carbocycles. The lowest BCUT2D eigenvalue weighted by Crippen LogP contribution is -2.28. The van der Waals surface area contributed by atoms with E-state index in [1.807, 2.05) is 7.05 Å². The van der Waals surface area contributed by atoms with Gasteiger partial charge in [-0.2, -0.15) is 0 Å². The van der Waals surface area contributed by atoms with Gasteiger partial charge in [0.1, 0.15) is 9.84 Å². The summed E-state index contributed by atoms with van der Waals surface area (Å²) in [7, 11) is -0.904. The van der Waals surface area contributed by atoms with Crippen LogP contribution < -0.4 is 5.32 Å². The zero-order valence-corrected chi connectivity index (χ0v) is 13.2. The van der Waals surface area contributed by atoms with E-state index in [0.717, 1.165) is 19.3 Å². The summed E-state index contributed by atoms with van der Waals surface area (Å²) in [6.07, 6.45) is 3.85. The smallest absolute Gasteiger partial charge is 0.147 e. The molecule has 19 heavy (non-hydrogen) atoms. The van der Waals surface area contributed by atoms with Crippen molar-refractivity contribution < 1.29 is 8.42 Å². The Morgan fingerprint density at radius 2 is 1.89 bits per heavy atom. The summed E-state index contributed by atoms with van der Waals surface area (Å²) in [5.74, 6) is 0.276. The first-order valence-electron chi connectivity index (χ1n) is 6.73. The molecular weight excluding hydrogens is 258 g/mol. The van der Waals surface area contributed by atoms with Gasteiger partial charge in [0.15, 0.2) is 0 Å². The van der Waals surface area contributed by atoms with Crippen LogP contribution in [0.2, 0.25) is 0 Å². The first kappa shape index (κ1) is 16.2. The van der Waals surface area contributed by atoms with Crippen LogP contribution in [0, 0.1) is 13.8 Å². The van der Waals surface area contributed by atoms with Gasteiger partial charge in [-0.1, -0.05) is 18.2 Å². The molecule has 0 bridgehead atoms. The molecule has 0 aliphatic heterocycles. The molecular formula is C15H25NO2S. The second-order valence-corrected chi connectivity index (χ2v) is 7.64. The van der Waals surface area contributed by atoms with E-state index in [9.17, 15) is 8.42 Å². The van der Waals surface area contributed by atoms with Crippen LogP contribution in [-0.4, -0.2) is 33.5 Å². The highest BCUT2D eigenvalue weighted by atomic mass is 32.2. The first-order valence-corrected chi connectivity index (χ1v) is 8.79. The van der Waals surface area contributed by atoms with Crippen LogP contribution in [-0.2, 0) is 16.3 Å². The lowest BCUT2D eigenvalue weighted by molar-refractivity contribution is 0.511. The molecule has 1 N–H and O–H groups in total. The number of likely N-dealkylation sites (N-methyl/N-ethyl adjacent to an activating group) is 1. The van der Waals surface area contributed by atoms with Gasteiger partial charge in [-0.25, -0.2) is 8.42 Å². The number of sulfone groups is 1. The summed E-state index contributed by atoms with van der Waals surface area (Å²) >= 11 is 0. The Bertz CT molecular complexity index is 509. The van der Waals surface area contributed by atoms with Gasteiger partial charge in [-0.3, -0.25) is 0 Å². The molecule has 0 aliphatic rings. The fraction of sp³-hybridized carbons (Fsp3) is 0.600. The van der Waals surface area contributed by atoms with Gasteiger partial charge in [0, 0.05) is 18.1 Å². The number of hydrogen-bond acceptors (Lipinski definition) is 3. The Morgan fingerprint density at radius 1 is 1.21 bits per heavy atom. The van der Waals surface area contributed by atoms with Gasteiger partial charge < -0.3 is 5.32 Å². The van der Waals surface area contributed by atoms with Crippen LogP contribution in [0.4, 0.5) is 0 Å². The van der Waals surface area contributed by atoms with Crippen molar-refractivity contribution in [3.05, 3.63) is 34.9 Å². The van der Waals surface area contributed by atoms with E-state index >= 15 is 0 Å². The average Bonchev–Trinajstić information content (AvgIpc) is 2.31. The predicted octanol–water partition coefficient (Wildman–Crippen LogP) is 2.26. The summed E-state index contributed by atoms with van der Waals surface area (Å²) < 4.78 is 22.2. The van der Waals surface area contributed by atoms with Crippen molar-refractivity contribution in [1.29, 1.82) is 0 Å². The molecule has 4 heteroatoms. The molecule has 0 saturated carbocycles. The largest absolute Gasteiger partial charge is 0.317 e. The maximum absolute atomic E-state index is 11.1. The Balaban J connectivity index is 2.54. The van der Waals surface area contributed by atoms with Gasteiger partial charge in [0.25, 0.3) is 0 Å². The summed E-state index contributed by atoms with van der Waals surface area (Å²) in [6, 6.07) is 6.86. The lowest BCUT2D eigenvalue weighted by Gasteiger charge is -2.16. The van der Waals surface area contributed by atoms with Crippen molar-refractivity contribution in [2.75, 3.05) is 19.1 Å². The van der Waals surface area contributed by atoms with Gasteiger partial charge in [0.2, 0.25) is 0 Å². The highest BCUT2D eigenvalue weighted by molar-refractivity contribution is 7.90. The molecule has 3 nitrogen and oxygen atoms in total. The third kappa shape index (κ3) is 6.21. The summed E-state index contributed by atoms with van der Waals surface area (Å²) in [4.78, 5) is 0. The van der Waals surface area contributed by atoms with Crippen molar-refractivity contribution >= 4 is 9.84 Å². The molecule has 1 aromatic rings. The molecule has 0 radical (unpaired) electrons. The van der Waals surface area contributed by atoms with Crippen molar-refractivity contribution in [1.82, 2.24) is 5.32 Å². The first-order chi connectivity index (χ1) is 8.81. The molecule has 0 fully saturated rings. The molecule has 1 rings (SSSR count). The molecule has 0 aromatic heterocycles. The third-order valence-corrected chi connectivity index (χ3v) is 4.56. The second kappa shape index (κ2) is 7.06. The Kier molecular flexibility index (Phi) is 6.01. The lowest BCUT2D eigenvalue weighted by atomic mass is 9.99. The van der Waals surface area contributed by atoms with Crippen LogP contribution in [0.3, 0.4) is 0 Å². The quantitative estimate of drug-likeness (QED) is 0.835. The van der Waals surface area contributed by atoms with E-state index < -0.39 is 9.84 Å². The number of hydrogen-bond donors (Lipinski definition) is 1. The fourth-order valence-electron chi connectivity index (χ4n) is 2.16. The van der Waals surface area contributed by atoms with Crippen LogP contribution in [0.15, 0.2) is 18.2 Å². The van der Waals surface area contributed by atoms with E-state index in [2.05, 4.69) is 37.4 Å². The highest BCUT2D eigenvalue weighted by Gasteiger charge is 2.10. The van der Waals surface area contributed by atoms with Crippen LogP contribution >= 0.6 is 0 Å². The topological polar surface area (TPSA) is 46.2 Å². The van der Waals surface area contributed by atoms with Crippen molar-refractivity contribution in [2.24, 2.45) is 0 Å². The minimum absolute atomic E-state index is 0.276. The van der Waals surface area contributed by atoms with Gasteiger partial charge in [-0.15, -0.1) is 0 Å². The number of benzene rings is 1. The Hall–Kier alpha value is -0.870. The molecule has 0 heterocycles. The van der Waals surface area contributed by atoms with E-state index in [1.165, 1.54) is 22.9 Å². The maximum Gasteiger partial charge on any atom is 0.147 e. The number of rotatable bonds is 7. The highest BCUT2D eigenvalue weighted by Crippen LogP contribution is 2.13. The van der Waals surface area contributed by atoms with Crippen LogP contribution in [0.25, 0.3) is 0 Å². The van der Waals surface area contributed by atoms with Gasteiger partial charge in [0.05, 0.1) is 0 Å². The number of aryl methyl sites for hydroxylation is 2. The zero-order chi connectivity index (χ0) is 14.5. The van der Waals surface area contributed by atoms with Crippen molar-refractivity contribution in [2.45, 2.75) is 39.2 Å². The van der Waals surface area contributed by atoms with E-state index in [1.54, 1.807) is 0 Å². The molecule has 0 amide bonds. The molecule has 1 aromatic carbocycles. The molecule has 108 valence electrons. The van der Waals surface area contributed by atoms with Crippen molar-refractivity contribution in [3.63, 3.8) is 0 Å². The predicted molar refractivity (Wildman–Crippen MR) is 81.4 cm³/mol.